The third kappa shape index (κ3) is 1.40. The quantitative estimate of drug-likeness (QED) is 0.637. The van der Waals surface area contributed by atoms with Gasteiger partial charge in [0.1, 0.15) is 0 Å². The molecule has 3 rings (SSSR count). The van der Waals surface area contributed by atoms with Gasteiger partial charge < -0.3 is 10.3 Å². The maximum Gasteiger partial charge on any atom is 0.280 e. The summed E-state index contributed by atoms with van der Waals surface area (Å²) < 4.78 is 6.20. The number of para-hydroxylation sites is 1. The van der Waals surface area contributed by atoms with Crippen molar-refractivity contribution in [2.75, 3.05) is 5.84 Å². The Balaban J connectivity index is 2.42. The Morgan fingerprint density at radius 1 is 1.18 bits per heavy atom. The number of nitrogen functional groups attached to an aromatic ring is 1. The molecule has 84 valence electrons. The SMILES string of the molecule is Nn1c(-c2ccco2)nc2ccccc2c1=O. The summed E-state index contributed by atoms with van der Waals surface area (Å²) in [5, 5.41) is 0.491. The number of benzene rings is 1. The number of rotatable bonds is 1. The first-order chi connectivity index (χ1) is 8.27. The normalized spacial score (nSPS) is 10.8. The molecule has 0 aliphatic heterocycles. The summed E-state index contributed by atoms with van der Waals surface area (Å²) in [6.45, 7) is 0. The van der Waals surface area contributed by atoms with Crippen LogP contribution in [0.25, 0.3) is 22.5 Å². The van der Waals surface area contributed by atoms with Crippen molar-refractivity contribution in [3.63, 3.8) is 0 Å². The molecule has 0 bridgehead atoms. The van der Waals surface area contributed by atoms with Gasteiger partial charge in [-0.2, -0.15) is 0 Å². The Labute approximate surface area is 96.1 Å². The predicted octanol–water partition coefficient (Wildman–Crippen LogP) is 1.37. The van der Waals surface area contributed by atoms with Crippen molar-refractivity contribution in [1.82, 2.24) is 9.66 Å². The molecule has 2 N–H and O–H groups in total. The standard InChI is InChI=1S/C12H9N3O2/c13-15-11(10-6-3-7-17-10)14-9-5-2-1-4-8(9)12(15)16/h1-7H,13H2. The highest BCUT2D eigenvalue weighted by Gasteiger charge is 2.11. The van der Waals surface area contributed by atoms with Gasteiger partial charge in [0.05, 0.1) is 17.2 Å². The second-order valence-corrected chi connectivity index (χ2v) is 3.61. The first-order valence-electron chi connectivity index (χ1n) is 5.08. The summed E-state index contributed by atoms with van der Waals surface area (Å²) >= 11 is 0. The van der Waals surface area contributed by atoms with Crippen LogP contribution in [0.5, 0.6) is 0 Å². The Kier molecular flexibility index (Phi) is 1.98. The molecule has 5 heteroatoms. The third-order valence-corrected chi connectivity index (χ3v) is 2.55. The van der Waals surface area contributed by atoms with Gasteiger partial charge >= 0.3 is 0 Å². The number of hydrogen-bond donors (Lipinski definition) is 1. The van der Waals surface area contributed by atoms with Crippen molar-refractivity contribution in [3.8, 4) is 11.6 Å². The second-order valence-electron chi connectivity index (χ2n) is 3.61. The Morgan fingerprint density at radius 2 is 2.00 bits per heavy atom. The van der Waals surface area contributed by atoms with E-state index >= 15 is 0 Å². The predicted molar refractivity (Wildman–Crippen MR) is 63.9 cm³/mol. The molecule has 0 saturated carbocycles. The topological polar surface area (TPSA) is 74.1 Å². The number of nitrogens with two attached hydrogens (primary N) is 1. The van der Waals surface area contributed by atoms with Gasteiger partial charge in [-0.1, -0.05) is 12.1 Å². The van der Waals surface area contributed by atoms with Crippen LogP contribution in [-0.4, -0.2) is 9.66 Å². The number of aromatic nitrogens is 2. The van der Waals surface area contributed by atoms with E-state index in [1.54, 1.807) is 30.3 Å². The maximum atomic E-state index is 12.0. The fourth-order valence-electron chi connectivity index (χ4n) is 1.73. The van der Waals surface area contributed by atoms with Crippen molar-refractivity contribution >= 4 is 10.9 Å². The van der Waals surface area contributed by atoms with Gasteiger partial charge in [0.15, 0.2) is 11.6 Å². The first kappa shape index (κ1) is 9.65. The van der Waals surface area contributed by atoms with E-state index in [2.05, 4.69) is 4.98 Å². The van der Waals surface area contributed by atoms with E-state index in [1.807, 2.05) is 6.07 Å². The maximum absolute atomic E-state index is 12.0. The zero-order chi connectivity index (χ0) is 11.8. The molecule has 0 atom stereocenters. The lowest BCUT2D eigenvalue weighted by Gasteiger charge is -2.05. The summed E-state index contributed by atoms with van der Waals surface area (Å²) in [4.78, 5) is 16.3. The molecular weight excluding hydrogens is 218 g/mol. The Bertz CT molecular complexity index is 729. The minimum Gasteiger partial charge on any atom is -0.461 e. The monoisotopic (exact) mass is 227 g/mol. The molecule has 0 aliphatic carbocycles. The van der Waals surface area contributed by atoms with Gasteiger partial charge in [-0.25, -0.2) is 9.66 Å². The van der Waals surface area contributed by atoms with Crippen LogP contribution in [0.2, 0.25) is 0 Å². The largest absolute Gasteiger partial charge is 0.461 e. The van der Waals surface area contributed by atoms with E-state index in [9.17, 15) is 4.79 Å². The minimum atomic E-state index is -0.290. The number of fused-ring (bicyclic) bond motifs is 1. The van der Waals surface area contributed by atoms with Crippen LogP contribution < -0.4 is 11.4 Å². The highest BCUT2D eigenvalue weighted by molar-refractivity contribution is 5.79. The summed E-state index contributed by atoms with van der Waals surface area (Å²) in [5.74, 6) is 6.51. The molecule has 17 heavy (non-hydrogen) atoms. The zero-order valence-electron chi connectivity index (χ0n) is 8.83. The summed E-state index contributed by atoms with van der Waals surface area (Å²) in [7, 11) is 0. The zero-order valence-corrected chi connectivity index (χ0v) is 8.83. The van der Waals surface area contributed by atoms with E-state index in [1.165, 1.54) is 6.26 Å². The van der Waals surface area contributed by atoms with Gasteiger partial charge in [-0.3, -0.25) is 4.79 Å². The molecule has 0 amide bonds. The molecule has 0 fully saturated rings. The molecule has 0 unspecified atom stereocenters. The highest BCUT2D eigenvalue weighted by Crippen LogP contribution is 2.17. The van der Waals surface area contributed by atoms with Crippen molar-refractivity contribution in [2.45, 2.75) is 0 Å². The van der Waals surface area contributed by atoms with Gasteiger partial charge in [-0.05, 0) is 24.3 Å². The van der Waals surface area contributed by atoms with Crippen molar-refractivity contribution in [2.24, 2.45) is 0 Å². The van der Waals surface area contributed by atoms with E-state index < -0.39 is 0 Å². The van der Waals surface area contributed by atoms with E-state index in [4.69, 9.17) is 10.3 Å². The average molecular weight is 227 g/mol. The van der Waals surface area contributed by atoms with Crippen LogP contribution >= 0.6 is 0 Å². The molecule has 5 nitrogen and oxygen atoms in total. The lowest BCUT2D eigenvalue weighted by Crippen LogP contribution is -2.29. The average Bonchev–Trinajstić information content (AvgIpc) is 2.87. The summed E-state index contributed by atoms with van der Waals surface area (Å²) in [5.41, 5.74) is 0.313. The summed E-state index contributed by atoms with van der Waals surface area (Å²) in [6, 6.07) is 10.5. The van der Waals surface area contributed by atoms with Crippen molar-refractivity contribution < 1.29 is 4.42 Å². The first-order valence-corrected chi connectivity index (χ1v) is 5.08. The fourth-order valence-corrected chi connectivity index (χ4v) is 1.73. The van der Waals surface area contributed by atoms with E-state index in [0.29, 0.717) is 22.5 Å². The lowest BCUT2D eigenvalue weighted by atomic mass is 10.2. The van der Waals surface area contributed by atoms with Gasteiger partial charge in [0.25, 0.3) is 5.56 Å². The van der Waals surface area contributed by atoms with Crippen molar-refractivity contribution in [1.29, 1.82) is 0 Å². The van der Waals surface area contributed by atoms with Crippen molar-refractivity contribution in [3.05, 3.63) is 53.0 Å². The van der Waals surface area contributed by atoms with E-state index in [-0.39, 0.29) is 5.56 Å². The van der Waals surface area contributed by atoms with E-state index in [0.717, 1.165) is 4.68 Å². The van der Waals surface area contributed by atoms with Crippen LogP contribution in [0, 0.1) is 0 Å². The second kappa shape index (κ2) is 3.48. The van der Waals surface area contributed by atoms with Crippen LogP contribution in [0.4, 0.5) is 0 Å². The van der Waals surface area contributed by atoms with Crippen LogP contribution in [0.15, 0.2) is 51.9 Å². The Morgan fingerprint density at radius 3 is 2.76 bits per heavy atom. The molecule has 0 radical (unpaired) electrons. The van der Waals surface area contributed by atoms with Crippen LogP contribution in [0.1, 0.15) is 0 Å². The molecule has 0 saturated heterocycles. The molecule has 1 aromatic carbocycles. The van der Waals surface area contributed by atoms with Gasteiger partial charge in [-0.15, -0.1) is 0 Å². The summed E-state index contributed by atoms with van der Waals surface area (Å²) in [6.07, 6.45) is 1.51. The fraction of sp³-hybridized carbons (Fsp3) is 0. The molecule has 2 heterocycles. The molecule has 0 spiro atoms. The number of nitrogens with zero attached hydrogens (tertiary/aromatic N) is 2. The molecule has 2 aromatic heterocycles. The molecule has 3 aromatic rings. The lowest BCUT2D eigenvalue weighted by molar-refractivity contribution is 0.573. The van der Waals surface area contributed by atoms with Gasteiger partial charge in [0.2, 0.25) is 0 Å². The third-order valence-electron chi connectivity index (χ3n) is 2.55. The molecule has 0 aliphatic rings. The highest BCUT2D eigenvalue weighted by atomic mass is 16.3. The minimum absolute atomic E-state index is 0.290. The number of hydrogen-bond acceptors (Lipinski definition) is 4. The number of furan rings is 1. The Hall–Kier alpha value is -2.56. The smallest absolute Gasteiger partial charge is 0.280 e. The van der Waals surface area contributed by atoms with Gasteiger partial charge in [0, 0.05) is 0 Å². The molecular formula is C12H9N3O2. The van der Waals surface area contributed by atoms with Crippen LogP contribution in [-0.2, 0) is 0 Å². The van der Waals surface area contributed by atoms with Crippen LogP contribution in [0.3, 0.4) is 0 Å².